The SMILES string of the molecule is CCCCNC(=NCc1cc(C(C)C)no1)NCCc1ccco1. The quantitative estimate of drug-likeness (QED) is 0.418. The van der Waals surface area contributed by atoms with Crippen molar-refractivity contribution < 1.29 is 8.94 Å². The van der Waals surface area contributed by atoms with E-state index in [1.165, 1.54) is 0 Å². The molecule has 0 aliphatic carbocycles. The average molecular weight is 332 g/mol. The van der Waals surface area contributed by atoms with Gasteiger partial charge in [-0.3, -0.25) is 0 Å². The van der Waals surface area contributed by atoms with E-state index in [0.717, 1.165) is 55.5 Å². The Balaban J connectivity index is 1.87. The Morgan fingerprint density at radius 1 is 1.25 bits per heavy atom. The summed E-state index contributed by atoms with van der Waals surface area (Å²) in [6.07, 6.45) is 4.77. The molecule has 0 bridgehead atoms. The van der Waals surface area contributed by atoms with Crippen LogP contribution in [-0.2, 0) is 13.0 Å². The molecule has 0 radical (unpaired) electrons. The van der Waals surface area contributed by atoms with E-state index in [0.29, 0.717) is 12.5 Å². The first-order valence-electron chi connectivity index (χ1n) is 8.69. The first kappa shape index (κ1) is 18.1. The van der Waals surface area contributed by atoms with Gasteiger partial charge in [0.1, 0.15) is 12.3 Å². The smallest absolute Gasteiger partial charge is 0.191 e. The maximum absolute atomic E-state index is 5.34. The average Bonchev–Trinajstić information content (AvgIpc) is 3.24. The Morgan fingerprint density at radius 3 is 2.75 bits per heavy atom. The molecule has 2 aromatic heterocycles. The molecule has 0 spiro atoms. The zero-order chi connectivity index (χ0) is 17.2. The minimum Gasteiger partial charge on any atom is -0.469 e. The number of guanidine groups is 1. The topological polar surface area (TPSA) is 75.6 Å². The Bertz CT molecular complexity index is 602. The lowest BCUT2D eigenvalue weighted by Crippen LogP contribution is -2.38. The fraction of sp³-hybridized carbons (Fsp3) is 0.556. The highest BCUT2D eigenvalue weighted by Crippen LogP contribution is 2.14. The summed E-state index contributed by atoms with van der Waals surface area (Å²) >= 11 is 0. The van der Waals surface area contributed by atoms with Crippen LogP contribution in [-0.4, -0.2) is 24.2 Å². The summed E-state index contributed by atoms with van der Waals surface area (Å²) < 4.78 is 10.7. The van der Waals surface area contributed by atoms with Crippen LogP contribution >= 0.6 is 0 Å². The van der Waals surface area contributed by atoms with Gasteiger partial charge in [0.15, 0.2) is 11.7 Å². The number of aliphatic imine (C=N–C) groups is 1. The van der Waals surface area contributed by atoms with Crippen LogP contribution in [0.2, 0.25) is 0 Å². The van der Waals surface area contributed by atoms with Gasteiger partial charge in [-0.25, -0.2) is 4.99 Å². The maximum Gasteiger partial charge on any atom is 0.191 e. The third-order valence-corrected chi connectivity index (χ3v) is 3.63. The number of nitrogens with zero attached hydrogens (tertiary/aromatic N) is 2. The van der Waals surface area contributed by atoms with Crippen LogP contribution in [0.25, 0.3) is 0 Å². The van der Waals surface area contributed by atoms with E-state index in [1.807, 2.05) is 18.2 Å². The van der Waals surface area contributed by atoms with Gasteiger partial charge in [0.05, 0.1) is 12.0 Å². The standard InChI is InChI=1S/C18H28N4O2/c1-4-5-9-19-18(20-10-8-15-7-6-11-23-15)21-13-16-12-17(14(2)3)22-24-16/h6-7,11-12,14H,4-5,8-10,13H2,1-3H3,(H2,19,20,21). The van der Waals surface area contributed by atoms with Crippen LogP contribution in [0, 0.1) is 0 Å². The molecule has 2 N–H and O–H groups in total. The summed E-state index contributed by atoms with van der Waals surface area (Å²) in [4.78, 5) is 4.59. The lowest BCUT2D eigenvalue weighted by Gasteiger charge is -2.11. The molecule has 0 aliphatic heterocycles. The molecule has 6 heteroatoms. The van der Waals surface area contributed by atoms with Gasteiger partial charge in [-0.05, 0) is 24.5 Å². The van der Waals surface area contributed by atoms with Crippen molar-refractivity contribution in [2.45, 2.75) is 52.5 Å². The van der Waals surface area contributed by atoms with Crippen LogP contribution in [0.4, 0.5) is 0 Å². The van der Waals surface area contributed by atoms with Gasteiger partial charge >= 0.3 is 0 Å². The van der Waals surface area contributed by atoms with Crippen molar-refractivity contribution in [1.29, 1.82) is 0 Å². The zero-order valence-electron chi connectivity index (χ0n) is 14.8. The number of furan rings is 1. The highest BCUT2D eigenvalue weighted by atomic mass is 16.5. The van der Waals surface area contributed by atoms with Crippen LogP contribution in [0.3, 0.4) is 0 Å². The van der Waals surface area contributed by atoms with E-state index in [1.54, 1.807) is 6.26 Å². The van der Waals surface area contributed by atoms with Gasteiger partial charge < -0.3 is 19.6 Å². The zero-order valence-corrected chi connectivity index (χ0v) is 14.8. The molecular weight excluding hydrogens is 304 g/mol. The summed E-state index contributed by atoms with van der Waals surface area (Å²) in [5.41, 5.74) is 0.964. The van der Waals surface area contributed by atoms with E-state index in [-0.39, 0.29) is 0 Å². The van der Waals surface area contributed by atoms with Crippen molar-refractivity contribution in [3.63, 3.8) is 0 Å². The van der Waals surface area contributed by atoms with E-state index in [4.69, 9.17) is 8.94 Å². The van der Waals surface area contributed by atoms with E-state index in [9.17, 15) is 0 Å². The minimum absolute atomic E-state index is 0.361. The summed E-state index contributed by atoms with van der Waals surface area (Å²) in [5, 5.41) is 10.7. The molecule has 0 unspecified atom stereocenters. The van der Waals surface area contributed by atoms with Crippen molar-refractivity contribution in [2.24, 2.45) is 4.99 Å². The first-order chi connectivity index (χ1) is 11.7. The van der Waals surface area contributed by atoms with Crippen LogP contribution < -0.4 is 10.6 Å². The summed E-state index contributed by atoms with van der Waals surface area (Å²) in [5.74, 6) is 2.89. The monoisotopic (exact) mass is 332 g/mol. The molecule has 0 aromatic carbocycles. The van der Waals surface area contributed by atoms with Crippen molar-refractivity contribution in [2.75, 3.05) is 13.1 Å². The minimum atomic E-state index is 0.361. The van der Waals surface area contributed by atoms with Crippen molar-refractivity contribution in [3.8, 4) is 0 Å². The maximum atomic E-state index is 5.34. The third-order valence-electron chi connectivity index (χ3n) is 3.63. The second kappa shape index (κ2) is 9.80. The number of hydrogen-bond acceptors (Lipinski definition) is 4. The van der Waals surface area contributed by atoms with Crippen molar-refractivity contribution in [3.05, 3.63) is 41.7 Å². The van der Waals surface area contributed by atoms with Gasteiger partial charge in [0, 0.05) is 25.6 Å². The molecule has 0 fully saturated rings. The molecular formula is C18H28N4O2. The fourth-order valence-electron chi connectivity index (χ4n) is 2.15. The van der Waals surface area contributed by atoms with E-state index in [2.05, 4.69) is 41.6 Å². The summed E-state index contributed by atoms with van der Waals surface area (Å²) in [7, 11) is 0. The molecule has 132 valence electrons. The molecule has 6 nitrogen and oxygen atoms in total. The van der Waals surface area contributed by atoms with Crippen LogP contribution in [0.15, 0.2) is 38.4 Å². The number of unbranched alkanes of at least 4 members (excludes halogenated alkanes) is 1. The van der Waals surface area contributed by atoms with E-state index >= 15 is 0 Å². The predicted molar refractivity (Wildman–Crippen MR) is 95.1 cm³/mol. The first-order valence-corrected chi connectivity index (χ1v) is 8.69. The fourth-order valence-corrected chi connectivity index (χ4v) is 2.15. The normalized spacial score (nSPS) is 11.9. The lowest BCUT2D eigenvalue weighted by atomic mass is 10.1. The van der Waals surface area contributed by atoms with Gasteiger partial charge in [-0.15, -0.1) is 0 Å². The Morgan fingerprint density at radius 2 is 2.08 bits per heavy atom. The van der Waals surface area contributed by atoms with Crippen molar-refractivity contribution in [1.82, 2.24) is 15.8 Å². The molecule has 0 aliphatic rings. The molecule has 0 saturated carbocycles. The van der Waals surface area contributed by atoms with Gasteiger partial charge in [0.25, 0.3) is 0 Å². The van der Waals surface area contributed by atoms with Gasteiger partial charge in [-0.2, -0.15) is 0 Å². The highest BCUT2D eigenvalue weighted by Gasteiger charge is 2.07. The lowest BCUT2D eigenvalue weighted by molar-refractivity contribution is 0.376. The predicted octanol–water partition coefficient (Wildman–Crippen LogP) is 3.47. The van der Waals surface area contributed by atoms with Crippen molar-refractivity contribution >= 4 is 5.96 Å². The molecule has 2 heterocycles. The summed E-state index contributed by atoms with van der Waals surface area (Å²) in [6, 6.07) is 5.85. The number of nitrogens with one attached hydrogen (secondary N) is 2. The van der Waals surface area contributed by atoms with E-state index < -0.39 is 0 Å². The Kier molecular flexibility index (Phi) is 7.39. The molecule has 0 atom stereocenters. The van der Waals surface area contributed by atoms with Crippen LogP contribution in [0.5, 0.6) is 0 Å². The summed E-state index contributed by atoms with van der Waals surface area (Å²) in [6.45, 7) is 8.50. The molecule has 2 rings (SSSR count). The number of rotatable bonds is 9. The molecule has 0 amide bonds. The third kappa shape index (κ3) is 6.10. The van der Waals surface area contributed by atoms with Crippen LogP contribution in [0.1, 0.15) is 56.7 Å². The van der Waals surface area contributed by atoms with Gasteiger partial charge in [-0.1, -0.05) is 32.3 Å². The second-order valence-electron chi connectivity index (χ2n) is 6.07. The molecule has 0 saturated heterocycles. The largest absolute Gasteiger partial charge is 0.469 e. The molecule has 24 heavy (non-hydrogen) atoms. The highest BCUT2D eigenvalue weighted by molar-refractivity contribution is 5.79. The number of aromatic nitrogens is 1. The van der Waals surface area contributed by atoms with Gasteiger partial charge in [0.2, 0.25) is 0 Å². The number of hydrogen-bond donors (Lipinski definition) is 2. The second-order valence-corrected chi connectivity index (χ2v) is 6.07. The molecule has 2 aromatic rings. The Hall–Kier alpha value is -2.24. The Labute approximate surface area is 143 Å².